The third-order valence-corrected chi connectivity index (χ3v) is 2.16. The third kappa shape index (κ3) is 4.43. The number of hydrogen-bond acceptors (Lipinski definition) is 2. The predicted molar refractivity (Wildman–Crippen MR) is 67.5 cm³/mol. The first-order valence-corrected chi connectivity index (χ1v) is 5.59. The van der Waals surface area contributed by atoms with Crippen LogP contribution in [-0.2, 0) is 4.79 Å². The Hall–Kier alpha value is -1.58. The Morgan fingerprint density at radius 1 is 1.35 bits per heavy atom. The highest BCUT2D eigenvalue weighted by molar-refractivity contribution is 5.81. The number of nitrogens with one attached hydrogen (secondary N) is 2. The minimum absolute atomic E-state index is 0.0685. The van der Waals surface area contributed by atoms with E-state index in [9.17, 15) is 9.18 Å². The van der Waals surface area contributed by atoms with Gasteiger partial charge >= 0.3 is 0 Å². The summed E-state index contributed by atoms with van der Waals surface area (Å²) in [5.74, 6) is -0.492. The zero-order valence-corrected chi connectivity index (χ0v) is 10.7. The lowest BCUT2D eigenvalue weighted by molar-refractivity contribution is -0.120. The molecule has 0 unspecified atom stereocenters. The number of rotatable bonds is 3. The van der Waals surface area contributed by atoms with Gasteiger partial charge in [-0.15, -0.1) is 0 Å². The fourth-order valence-electron chi connectivity index (χ4n) is 1.49. The molecule has 0 heterocycles. The normalized spacial score (nSPS) is 11.1. The van der Waals surface area contributed by atoms with Crippen LogP contribution >= 0.6 is 0 Å². The van der Waals surface area contributed by atoms with E-state index < -0.39 is 0 Å². The van der Waals surface area contributed by atoms with E-state index in [1.807, 2.05) is 20.8 Å². The number of halogens is 1. The largest absolute Gasteiger partial charge is 0.374 e. The molecule has 0 atom stereocenters. The Kier molecular flexibility index (Phi) is 4.10. The van der Waals surface area contributed by atoms with Gasteiger partial charge < -0.3 is 10.6 Å². The van der Waals surface area contributed by atoms with Crippen LogP contribution in [0.2, 0.25) is 0 Å². The standard InChI is InChI=1S/C13H19FN2O/c1-9-6-5-7-10(14)12(9)15-8-11(17)16-13(2,3)4/h5-7,15H,8H2,1-4H3,(H,16,17). The molecule has 4 heteroatoms. The molecule has 0 saturated heterocycles. The summed E-state index contributed by atoms with van der Waals surface area (Å²) in [5.41, 5.74) is 0.897. The van der Waals surface area contributed by atoms with E-state index in [1.165, 1.54) is 6.07 Å². The van der Waals surface area contributed by atoms with Gasteiger partial charge in [-0.05, 0) is 39.3 Å². The molecule has 17 heavy (non-hydrogen) atoms. The lowest BCUT2D eigenvalue weighted by Gasteiger charge is -2.21. The van der Waals surface area contributed by atoms with Crippen molar-refractivity contribution in [2.75, 3.05) is 11.9 Å². The van der Waals surface area contributed by atoms with E-state index in [1.54, 1.807) is 19.1 Å². The smallest absolute Gasteiger partial charge is 0.239 e. The number of aryl methyl sites for hydroxylation is 1. The second kappa shape index (κ2) is 5.17. The highest BCUT2D eigenvalue weighted by Crippen LogP contribution is 2.18. The number of hydrogen-bond donors (Lipinski definition) is 2. The van der Waals surface area contributed by atoms with Crippen LogP contribution in [0.5, 0.6) is 0 Å². The van der Waals surface area contributed by atoms with Gasteiger partial charge in [-0.2, -0.15) is 0 Å². The summed E-state index contributed by atoms with van der Waals surface area (Å²) in [6.07, 6.45) is 0. The Balaban J connectivity index is 2.59. The number of carbonyl (C=O) groups is 1. The molecule has 94 valence electrons. The third-order valence-electron chi connectivity index (χ3n) is 2.16. The molecular formula is C13H19FN2O. The molecule has 0 fully saturated rings. The zero-order chi connectivity index (χ0) is 13.1. The van der Waals surface area contributed by atoms with Crippen molar-refractivity contribution < 1.29 is 9.18 Å². The summed E-state index contributed by atoms with van der Waals surface area (Å²) in [6, 6.07) is 4.81. The number of carbonyl (C=O) groups excluding carboxylic acids is 1. The first kappa shape index (κ1) is 13.5. The van der Waals surface area contributed by atoms with Crippen molar-refractivity contribution in [2.24, 2.45) is 0 Å². The number of para-hydroxylation sites is 1. The average molecular weight is 238 g/mol. The maximum absolute atomic E-state index is 13.4. The van der Waals surface area contributed by atoms with E-state index >= 15 is 0 Å². The van der Waals surface area contributed by atoms with Crippen LogP contribution in [0.3, 0.4) is 0 Å². The molecule has 3 nitrogen and oxygen atoms in total. The summed E-state index contributed by atoms with van der Waals surface area (Å²) < 4.78 is 13.4. The molecule has 0 aliphatic heterocycles. The summed E-state index contributed by atoms with van der Waals surface area (Å²) in [6.45, 7) is 7.57. The second-order valence-electron chi connectivity index (χ2n) is 5.08. The lowest BCUT2D eigenvalue weighted by Crippen LogP contribution is -2.43. The summed E-state index contributed by atoms with van der Waals surface area (Å²) in [7, 11) is 0. The quantitative estimate of drug-likeness (QED) is 0.849. The Labute approximate surface area is 101 Å². The minimum Gasteiger partial charge on any atom is -0.374 e. The molecule has 0 aliphatic carbocycles. The molecule has 1 rings (SSSR count). The fraction of sp³-hybridized carbons (Fsp3) is 0.462. The van der Waals surface area contributed by atoms with Crippen molar-refractivity contribution >= 4 is 11.6 Å². The molecule has 0 saturated carbocycles. The van der Waals surface area contributed by atoms with Crippen LogP contribution in [0.15, 0.2) is 18.2 Å². The van der Waals surface area contributed by atoms with Gasteiger partial charge in [-0.3, -0.25) is 4.79 Å². The Morgan fingerprint density at radius 3 is 2.53 bits per heavy atom. The maximum Gasteiger partial charge on any atom is 0.239 e. The van der Waals surface area contributed by atoms with Crippen LogP contribution in [-0.4, -0.2) is 18.0 Å². The minimum atomic E-state index is -0.339. The van der Waals surface area contributed by atoms with Crippen LogP contribution in [0.1, 0.15) is 26.3 Å². The molecule has 1 amide bonds. The van der Waals surface area contributed by atoms with Crippen LogP contribution in [0.25, 0.3) is 0 Å². The Morgan fingerprint density at radius 2 is 2.00 bits per heavy atom. The summed E-state index contributed by atoms with van der Waals surface area (Å²) >= 11 is 0. The maximum atomic E-state index is 13.4. The molecule has 0 aliphatic rings. The van der Waals surface area contributed by atoms with Crippen LogP contribution in [0, 0.1) is 12.7 Å². The molecule has 0 spiro atoms. The number of amides is 1. The van der Waals surface area contributed by atoms with Crippen LogP contribution < -0.4 is 10.6 Å². The van der Waals surface area contributed by atoms with Gasteiger partial charge in [0.25, 0.3) is 0 Å². The number of anilines is 1. The highest BCUT2D eigenvalue weighted by Gasteiger charge is 2.14. The van der Waals surface area contributed by atoms with Crippen LogP contribution in [0.4, 0.5) is 10.1 Å². The van der Waals surface area contributed by atoms with Gasteiger partial charge in [-0.25, -0.2) is 4.39 Å². The van der Waals surface area contributed by atoms with E-state index in [4.69, 9.17) is 0 Å². The van der Waals surface area contributed by atoms with E-state index in [-0.39, 0.29) is 23.8 Å². The summed E-state index contributed by atoms with van der Waals surface area (Å²) in [4.78, 5) is 11.6. The van der Waals surface area contributed by atoms with Crippen molar-refractivity contribution in [2.45, 2.75) is 33.2 Å². The topological polar surface area (TPSA) is 41.1 Å². The van der Waals surface area contributed by atoms with Gasteiger partial charge in [0.15, 0.2) is 0 Å². The predicted octanol–water partition coefficient (Wildman–Crippen LogP) is 2.46. The average Bonchev–Trinajstić information content (AvgIpc) is 2.14. The SMILES string of the molecule is Cc1cccc(F)c1NCC(=O)NC(C)(C)C. The molecule has 0 bridgehead atoms. The lowest BCUT2D eigenvalue weighted by atomic mass is 10.1. The van der Waals surface area contributed by atoms with Crippen molar-refractivity contribution in [3.8, 4) is 0 Å². The van der Waals surface area contributed by atoms with E-state index in [2.05, 4.69) is 10.6 Å². The van der Waals surface area contributed by atoms with Gasteiger partial charge in [0, 0.05) is 5.54 Å². The van der Waals surface area contributed by atoms with Gasteiger partial charge in [0.2, 0.25) is 5.91 Å². The highest BCUT2D eigenvalue weighted by atomic mass is 19.1. The van der Waals surface area contributed by atoms with Gasteiger partial charge in [-0.1, -0.05) is 12.1 Å². The zero-order valence-electron chi connectivity index (χ0n) is 10.7. The Bertz CT molecular complexity index is 390. The van der Waals surface area contributed by atoms with Crippen molar-refractivity contribution in [1.82, 2.24) is 5.32 Å². The van der Waals surface area contributed by atoms with Crippen molar-refractivity contribution in [3.63, 3.8) is 0 Å². The molecule has 1 aromatic carbocycles. The molecule has 0 radical (unpaired) electrons. The summed E-state index contributed by atoms with van der Waals surface area (Å²) in [5, 5.41) is 5.62. The molecular weight excluding hydrogens is 219 g/mol. The van der Waals surface area contributed by atoms with Gasteiger partial charge in [0.1, 0.15) is 5.82 Å². The van der Waals surface area contributed by atoms with Gasteiger partial charge in [0.05, 0.1) is 12.2 Å². The van der Waals surface area contributed by atoms with Crippen molar-refractivity contribution in [3.05, 3.63) is 29.6 Å². The monoisotopic (exact) mass is 238 g/mol. The van der Waals surface area contributed by atoms with E-state index in [0.29, 0.717) is 5.69 Å². The molecule has 1 aromatic rings. The first-order chi connectivity index (χ1) is 7.79. The van der Waals surface area contributed by atoms with E-state index in [0.717, 1.165) is 5.56 Å². The fourth-order valence-corrected chi connectivity index (χ4v) is 1.49. The molecule has 0 aromatic heterocycles. The second-order valence-corrected chi connectivity index (χ2v) is 5.08. The first-order valence-electron chi connectivity index (χ1n) is 5.59. The number of benzene rings is 1. The molecule has 2 N–H and O–H groups in total. The van der Waals surface area contributed by atoms with Crippen molar-refractivity contribution in [1.29, 1.82) is 0 Å².